The second-order valence-electron chi connectivity index (χ2n) is 4.26. The Morgan fingerprint density at radius 1 is 1.19 bits per heavy atom. The van der Waals surface area contributed by atoms with Crippen molar-refractivity contribution in [2.75, 3.05) is 5.32 Å². The summed E-state index contributed by atoms with van der Waals surface area (Å²) in [5.41, 5.74) is -0.283. The van der Waals surface area contributed by atoms with Gasteiger partial charge in [0.15, 0.2) is 0 Å². The minimum Gasteiger partial charge on any atom is -0.388 e. The van der Waals surface area contributed by atoms with E-state index in [4.69, 9.17) is 34.8 Å². The molecule has 0 heterocycles. The summed E-state index contributed by atoms with van der Waals surface area (Å²) in [6.45, 7) is 5.27. The lowest BCUT2D eigenvalue weighted by atomic mass is 10.0. The van der Waals surface area contributed by atoms with Gasteiger partial charge >= 0.3 is 0 Å². The molecule has 2 N–H and O–H groups in total. The zero-order chi connectivity index (χ0) is 12.5. The van der Waals surface area contributed by atoms with Crippen molar-refractivity contribution in [1.82, 2.24) is 0 Å². The van der Waals surface area contributed by atoms with Crippen LogP contribution in [0.4, 0.5) is 5.69 Å². The molecule has 0 aliphatic carbocycles. The summed E-state index contributed by atoms with van der Waals surface area (Å²) >= 11 is 17.8. The molecule has 0 fully saturated rings. The van der Waals surface area contributed by atoms with Gasteiger partial charge in [-0.1, -0.05) is 34.8 Å². The minimum absolute atomic E-state index is 0.191. The molecule has 90 valence electrons. The van der Waals surface area contributed by atoms with Crippen molar-refractivity contribution < 1.29 is 5.11 Å². The quantitative estimate of drug-likeness (QED) is 0.870. The standard InChI is InChI=1S/C11H14Cl3NO/c1-6(11(2,3)16)15-10-8(13)4-7(12)5-9(10)14/h4-6,15-16H,1-3H3. The second kappa shape index (κ2) is 5.01. The van der Waals surface area contributed by atoms with Crippen molar-refractivity contribution in [3.63, 3.8) is 0 Å². The highest BCUT2D eigenvalue weighted by atomic mass is 35.5. The first-order valence-corrected chi connectivity index (χ1v) is 5.98. The Morgan fingerprint density at radius 2 is 1.62 bits per heavy atom. The molecule has 0 saturated heterocycles. The van der Waals surface area contributed by atoms with Crippen molar-refractivity contribution in [3.05, 3.63) is 27.2 Å². The predicted octanol–water partition coefficient (Wildman–Crippen LogP) is 4.22. The molecule has 1 aromatic carbocycles. The second-order valence-corrected chi connectivity index (χ2v) is 5.51. The summed E-state index contributed by atoms with van der Waals surface area (Å²) < 4.78 is 0. The molecule has 2 nitrogen and oxygen atoms in total. The van der Waals surface area contributed by atoms with Crippen LogP contribution in [-0.2, 0) is 0 Å². The third-order valence-electron chi connectivity index (χ3n) is 2.43. The Balaban J connectivity index is 2.98. The molecule has 5 heteroatoms. The first-order chi connectivity index (χ1) is 7.21. The van der Waals surface area contributed by atoms with E-state index in [0.29, 0.717) is 20.8 Å². The van der Waals surface area contributed by atoms with Crippen LogP contribution in [0.1, 0.15) is 20.8 Å². The van der Waals surface area contributed by atoms with Crippen LogP contribution in [0.15, 0.2) is 12.1 Å². The van der Waals surface area contributed by atoms with Gasteiger partial charge in [-0.25, -0.2) is 0 Å². The van der Waals surface area contributed by atoms with Gasteiger partial charge in [-0.2, -0.15) is 0 Å². The van der Waals surface area contributed by atoms with Crippen molar-refractivity contribution in [2.45, 2.75) is 32.4 Å². The molecule has 0 amide bonds. The third-order valence-corrected chi connectivity index (χ3v) is 3.24. The van der Waals surface area contributed by atoms with E-state index in [0.717, 1.165) is 0 Å². The minimum atomic E-state index is -0.869. The van der Waals surface area contributed by atoms with E-state index in [2.05, 4.69) is 5.32 Å². The van der Waals surface area contributed by atoms with Crippen molar-refractivity contribution in [2.24, 2.45) is 0 Å². The lowest BCUT2D eigenvalue weighted by Gasteiger charge is -2.28. The highest BCUT2D eigenvalue weighted by Gasteiger charge is 2.23. The van der Waals surface area contributed by atoms with Gasteiger partial charge in [-0.15, -0.1) is 0 Å². The summed E-state index contributed by atoms with van der Waals surface area (Å²) in [6.07, 6.45) is 0. The van der Waals surface area contributed by atoms with Gasteiger partial charge in [0.1, 0.15) is 0 Å². The molecule has 1 aromatic rings. The molecule has 0 spiro atoms. The van der Waals surface area contributed by atoms with Crippen LogP contribution >= 0.6 is 34.8 Å². The van der Waals surface area contributed by atoms with Gasteiger partial charge in [-0.3, -0.25) is 0 Å². The van der Waals surface area contributed by atoms with E-state index in [9.17, 15) is 5.11 Å². The average molecular weight is 283 g/mol. The molecule has 0 aliphatic heterocycles. The van der Waals surface area contributed by atoms with Gasteiger partial charge in [0.05, 0.1) is 27.4 Å². The number of nitrogens with one attached hydrogen (secondary N) is 1. The Labute approximate surface area is 111 Å². The fourth-order valence-corrected chi connectivity index (χ4v) is 2.00. The van der Waals surface area contributed by atoms with E-state index < -0.39 is 5.60 Å². The normalized spacial score (nSPS) is 13.7. The highest BCUT2D eigenvalue weighted by molar-refractivity contribution is 6.41. The number of hydrogen-bond donors (Lipinski definition) is 2. The molecule has 1 atom stereocenters. The van der Waals surface area contributed by atoms with Crippen molar-refractivity contribution >= 4 is 40.5 Å². The number of halogens is 3. The summed E-state index contributed by atoms with van der Waals surface area (Å²) in [7, 11) is 0. The molecule has 1 rings (SSSR count). The van der Waals surface area contributed by atoms with Crippen LogP contribution in [0.5, 0.6) is 0 Å². The summed E-state index contributed by atoms with van der Waals surface area (Å²) in [5, 5.41) is 14.2. The van der Waals surface area contributed by atoms with Crippen LogP contribution in [0.3, 0.4) is 0 Å². The van der Waals surface area contributed by atoms with Crippen LogP contribution in [-0.4, -0.2) is 16.7 Å². The number of benzene rings is 1. The summed E-state index contributed by atoms with van der Waals surface area (Å²) in [4.78, 5) is 0. The molecule has 0 bridgehead atoms. The van der Waals surface area contributed by atoms with E-state index in [1.807, 2.05) is 6.92 Å². The largest absolute Gasteiger partial charge is 0.388 e. The van der Waals surface area contributed by atoms with Crippen LogP contribution in [0, 0.1) is 0 Å². The zero-order valence-corrected chi connectivity index (χ0v) is 11.6. The smallest absolute Gasteiger partial charge is 0.0789 e. The molecule has 1 unspecified atom stereocenters. The fraction of sp³-hybridized carbons (Fsp3) is 0.455. The Hall–Kier alpha value is -0.150. The molecule has 16 heavy (non-hydrogen) atoms. The lowest BCUT2D eigenvalue weighted by Crippen LogP contribution is -2.39. The van der Waals surface area contributed by atoms with Gasteiger partial charge in [0, 0.05) is 5.02 Å². The SMILES string of the molecule is CC(Nc1c(Cl)cc(Cl)cc1Cl)C(C)(C)O. The average Bonchev–Trinajstić information content (AvgIpc) is 2.08. The van der Waals surface area contributed by atoms with Crippen molar-refractivity contribution in [1.29, 1.82) is 0 Å². The first kappa shape index (κ1) is 13.9. The van der Waals surface area contributed by atoms with Crippen LogP contribution in [0.25, 0.3) is 0 Å². The molecular weight excluding hydrogens is 268 g/mol. The van der Waals surface area contributed by atoms with E-state index >= 15 is 0 Å². The van der Waals surface area contributed by atoms with Crippen LogP contribution in [0.2, 0.25) is 15.1 Å². The first-order valence-electron chi connectivity index (χ1n) is 4.85. The molecule has 0 aliphatic rings. The molecule has 0 saturated carbocycles. The van der Waals surface area contributed by atoms with Gasteiger partial charge < -0.3 is 10.4 Å². The maximum atomic E-state index is 9.81. The number of rotatable bonds is 3. The number of hydrogen-bond acceptors (Lipinski definition) is 2. The topological polar surface area (TPSA) is 32.3 Å². The molecule has 0 aromatic heterocycles. The van der Waals surface area contributed by atoms with Crippen molar-refractivity contribution in [3.8, 4) is 0 Å². The van der Waals surface area contributed by atoms with Crippen LogP contribution < -0.4 is 5.32 Å². The molecular formula is C11H14Cl3NO. The van der Waals surface area contributed by atoms with E-state index in [1.54, 1.807) is 26.0 Å². The fourth-order valence-electron chi connectivity index (χ4n) is 1.07. The van der Waals surface area contributed by atoms with E-state index in [1.165, 1.54) is 0 Å². The van der Waals surface area contributed by atoms with Gasteiger partial charge in [0.2, 0.25) is 0 Å². The summed E-state index contributed by atoms with van der Waals surface area (Å²) in [6, 6.07) is 3.02. The Kier molecular flexibility index (Phi) is 4.35. The van der Waals surface area contributed by atoms with Gasteiger partial charge in [-0.05, 0) is 32.9 Å². The molecule has 0 radical (unpaired) electrons. The number of aliphatic hydroxyl groups is 1. The lowest BCUT2D eigenvalue weighted by molar-refractivity contribution is 0.0649. The Morgan fingerprint density at radius 3 is 2.00 bits per heavy atom. The maximum absolute atomic E-state index is 9.81. The summed E-state index contributed by atoms with van der Waals surface area (Å²) in [5.74, 6) is 0. The number of anilines is 1. The monoisotopic (exact) mass is 281 g/mol. The highest BCUT2D eigenvalue weighted by Crippen LogP contribution is 2.34. The maximum Gasteiger partial charge on any atom is 0.0789 e. The predicted molar refractivity (Wildman–Crippen MR) is 70.9 cm³/mol. The van der Waals surface area contributed by atoms with Gasteiger partial charge in [0.25, 0.3) is 0 Å². The zero-order valence-electron chi connectivity index (χ0n) is 9.31. The third kappa shape index (κ3) is 3.42. The van der Waals surface area contributed by atoms with E-state index in [-0.39, 0.29) is 6.04 Å². The Bertz CT molecular complexity index is 364.